The molecule has 2 aliphatic rings. The van der Waals surface area contributed by atoms with E-state index in [0.717, 1.165) is 37.4 Å². The Bertz CT molecular complexity index is 1280. The summed E-state index contributed by atoms with van der Waals surface area (Å²) in [6.45, 7) is 0. The van der Waals surface area contributed by atoms with Gasteiger partial charge in [-0.25, -0.2) is 19.9 Å². The van der Waals surface area contributed by atoms with Gasteiger partial charge in [0.2, 0.25) is 0 Å². The molecule has 0 amide bonds. The Morgan fingerprint density at radius 1 is 0.697 bits per heavy atom. The highest BCUT2D eigenvalue weighted by Gasteiger charge is 2.22. The van der Waals surface area contributed by atoms with Crippen LogP contribution in [0.2, 0.25) is 0 Å². The maximum Gasteiger partial charge on any atom is 0.163 e. The summed E-state index contributed by atoms with van der Waals surface area (Å²) < 4.78 is 0. The van der Waals surface area contributed by atoms with Crippen LogP contribution in [0.1, 0.15) is 57.8 Å². The summed E-state index contributed by atoms with van der Waals surface area (Å²) in [6, 6.07) is 2.03. The molecule has 4 aromatic heterocycles. The molecule has 0 radical (unpaired) electrons. The molecule has 0 aliphatic heterocycles. The molecule has 0 unspecified atom stereocenters. The number of thioether (sulfide) groups is 2. The predicted octanol–water partition coefficient (Wildman–Crippen LogP) is 6.49. The van der Waals surface area contributed by atoms with Crippen molar-refractivity contribution in [3.05, 3.63) is 37.2 Å². The quantitative estimate of drug-likeness (QED) is 0.304. The Kier molecular flexibility index (Phi) is 6.11. The number of hydrogen-bond donors (Lipinski definition) is 0. The molecule has 6 nitrogen and oxygen atoms in total. The lowest BCUT2D eigenvalue weighted by Crippen LogP contribution is -2.08. The number of hydrogen-bond acceptors (Lipinski definition) is 8. The highest BCUT2D eigenvalue weighted by molar-refractivity contribution is 8.00. The Morgan fingerprint density at radius 3 is 2.24 bits per heavy atom. The van der Waals surface area contributed by atoms with E-state index >= 15 is 0 Å². The Labute approximate surface area is 201 Å². The second-order valence-corrected chi connectivity index (χ2v) is 11.5. The first-order valence-corrected chi connectivity index (χ1v) is 13.7. The van der Waals surface area contributed by atoms with Crippen LogP contribution in [-0.2, 0) is 0 Å². The van der Waals surface area contributed by atoms with Gasteiger partial charge in [-0.05, 0) is 31.7 Å². The fourth-order valence-electron chi connectivity index (χ4n) is 4.91. The van der Waals surface area contributed by atoms with Crippen molar-refractivity contribution in [1.29, 1.82) is 0 Å². The summed E-state index contributed by atoms with van der Waals surface area (Å²) in [5, 5.41) is 5.38. The first kappa shape index (κ1) is 21.2. The van der Waals surface area contributed by atoms with Gasteiger partial charge >= 0.3 is 0 Å². The number of nitrogens with zero attached hydrogens (tertiary/aromatic N) is 6. The van der Waals surface area contributed by atoms with E-state index in [2.05, 4.69) is 15.0 Å². The van der Waals surface area contributed by atoms with Crippen LogP contribution in [-0.4, -0.2) is 40.4 Å². The minimum Gasteiger partial charge on any atom is -0.262 e. The zero-order valence-corrected chi connectivity index (χ0v) is 20.1. The van der Waals surface area contributed by atoms with Crippen molar-refractivity contribution in [2.75, 3.05) is 0 Å². The van der Waals surface area contributed by atoms with E-state index in [1.807, 2.05) is 54.4 Å². The summed E-state index contributed by atoms with van der Waals surface area (Å²) in [7, 11) is 0. The van der Waals surface area contributed by atoms with Gasteiger partial charge in [-0.15, -0.1) is 23.5 Å². The standard InChI is InChI=1S/C25H26N6S2/c1-2-6-17(7-3-1)33-25-22-19(12-27-14-21(22)28-15-29-25)23-30-20-13-26-11-10-18(20)24(31-23)32-16-8-4-5-9-16/h10-17H,1-9H2. The first-order valence-electron chi connectivity index (χ1n) is 11.9. The van der Waals surface area contributed by atoms with Crippen LogP contribution in [0.4, 0.5) is 0 Å². The second-order valence-electron chi connectivity index (χ2n) is 8.91. The molecular formula is C25H26N6S2. The van der Waals surface area contributed by atoms with Crippen molar-refractivity contribution in [3.8, 4) is 11.4 Å². The second kappa shape index (κ2) is 9.50. The molecule has 2 saturated carbocycles. The van der Waals surface area contributed by atoms with Gasteiger partial charge in [0, 0.05) is 39.2 Å². The molecule has 33 heavy (non-hydrogen) atoms. The van der Waals surface area contributed by atoms with Gasteiger partial charge < -0.3 is 0 Å². The van der Waals surface area contributed by atoms with Crippen LogP contribution < -0.4 is 0 Å². The fourth-order valence-corrected chi connectivity index (χ4v) is 7.55. The Hall–Kier alpha value is -2.32. The highest BCUT2D eigenvalue weighted by Crippen LogP contribution is 2.40. The SMILES string of the molecule is c1cc2c(SC3CCCC3)nc(-c3cncc4ncnc(SC5CCCCC5)c34)nc2cn1. The van der Waals surface area contributed by atoms with Gasteiger partial charge in [0.15, 0.2) is 5.82 Å². The molecule has 6 rings (SSSR count). The van der Waals surface area contributed by atoms with Crippen molar-refractivity contribution in [2.24, 2.45) is 0 Å². The molecule has 0 atom stereocenters. The number of rotatable bonds is 5. The molecule has 0 bridgehead atoms. The van der Waals surface area contributed by atoms with Crippen molar-refractivity contribution < 1.29 is 0 Å². The van der Waals surface area contributed by atoms with Gasteiger partial charge in [-0.3, -0.25) is 9.97 Å². The number of aromatic nitrogens is 6. The van der Waals surface area contributed by atoms with Crippen molar-refractivity contribution >= 4 is 45.3 Å². The van der Waals surface area contributed by atoms with E-state index in [-0.39, 0.29) is 0 Å². The maximum atomic E-state index is 5.09. The monoisotopic (exact) mass is 474 g/mol. The predicted molar refractivity (Wildman–Crippen MR) is 135 cm³/mol. The summed E-state index contributed by atoms with van der Waals surface area (Å²) in [5.74, 6) is 0.689. The molecule has 4 aromatic rings. The van der Waals surface area contributed by atoms with Crippen LogP contribution in [0, 0.1) is 0 Å². The smallest absolute Gasteiger partial charge is 0.163 e. The molecule has 4 heterocycles. The van der Waals surface area contributed by atoms with E-state index in [0.29, 0.717) is 16.3 Å². The minimum absolute atomic E-state index is 0.605. The van der Waals surface area contributed by atoms with E-state index < -0.39 is 0 Å². The summed E-state index contributed by atoms with van der Waals surface area (Å²) in [6.07, 6.45) is 20.6. The highest BCUT2D eigenvalue weighted by atomic mass is 32.2. The van der Waals surface area contributed by atoms with Gasteiger partial charge in [-0.1, -0.05) is 32.1 Å². The van der Waals surface area contributed by atoms with E-state index in [1.54, 1.807) is 6.33 Å². The minimum atomic E-state index is 0.605. The lowest BCUT2D eigenvalue weighted by molar-refractivity contribution is 0.516. The summed E-state index contributed by atoms with van der Waals surface area (Å²) >= 11 is 3.78. The van der Waals surface area contributed by atoms with Gasteiger partial charge in [-0.2, -0.15) is 0 Å². The van der Waals surface area contributed by atoms with Crippen LogP contribution >= 0.6 is 23.5 Å². The van der Waals surface area contributed by atoms with E-state index in [4.69, 9.17) is 15.0 Å². The summed E-state index contributed by atoms with van der Waals surface area (Å²) in [4.78, 5) is 28.1. The van der Waals surface area contributed by atoms with Gasteiger partial charge in [0.25, 0.3) is 0 Å². The van der Waals surface area contributed by atoms with Crippen molar-refractivity contribution in [1.82, 2.24) is 29.9 Å². The molecule has 2 aliphatic carbocycles. The summed E-state index contributed by atoms with van der Waals surface area (Å²) in [5.41, 5.74) is 2.63. The lowest BCUT2D eigenvalue weighted by atomic mass is 10.0. The molecule has 168 valence electrons. The Morgan fingerprint density at radius 2 is 1.42 bits per heavy atom. The van der Waals surface area contributed by atoms with Crippen molar-refractivity contribution in [3.63, 3.8) is 0 Å². The normalized spacial score (nSPS) is 17.8. The van der Waals surface area contributed by atoms with E-state index in [1.165, 1.54) is 57.8 Å². The average Bonchev–Trinajstić information content (AvgIpc) is 3.37. The average molecular weight is 475 g/mol. The molecule has 0 N–H and O–H groups in total. The zero-order valence-electron chi connectivity index (χ0n) is 18.5. The zero-order chi connectivity index (χ0) is 22.0. The van der Waals surface area contributed by atoms with Gasteiger partial charge in [0.1, 0.15) is 16.4 Å². The first-order chi connectivity index (χ1) is 16.3. The van der Waals surface area contributed by atoms with Crippen LogP contribution in [0.25, 0.3) is 33.2 Å². The third-order valence-corrected chi connectivity index (χ3v) is 9.30. The Balaban J connectivity index is 1.47. The van der Waals surface area contributed by atoms with Gasteiger partial charge in [0.05, 0.1) is 23.4 Å². The van der Waals surface area contributed by atoms with Crippen LogP contribution in [0.5, 0.6) is 0 Å². The molecule has 8 heteroatoms. The molecule has 2 fully saturated rings. The fraction of sp³-hybridized carbons (Fsp3) is 0.440. The van der Waals surface area contributed by atoms with Crippen molar-refractivity contribution in [2.45, 2.75) is 78.3 Å². The largest absolute Gasteiger partial charge is 0.262 e. The topological polar surface area (TPSA) is 77.3 Å². The third kappa shape index (κ3) is 4.43. The number of pyridine rings is 2. The molecule has 0 spiro atoms. The molecule has 0 aromatic carbocycles. The van der Waals surface area contributed by atoms with Crippen LogP contribution in [0.15, 0.2) is 47.2 Å². The third-order valence-electron chi connectivity index (χ3n) is 6.63. The maximum absolute atomic E-state index is 5.09. The van der Waals surface area contributed by atoms with Crippen LogP contribution in [0.3, 0.4) is 0 Å². The number of fused-ring (bicyclic) bond motifs is 2. The van der Waals surface area contributed by atoms with E-state index in [9.17, 15) is 0 Å². The molecule has 0 saturated heterocycles. The lowest BCUT2D eigenvalue weighted by Gasteiger charge is -2.21. The molecular weight excluding hydrogens is 448 g/mol.